The molecule has 2 amide bonds. The molecule has 0 radical (unpaired) electrons. The van der Waals surface area contributed by atoms with Gasteiger partial charge in [-0.2, -0.15) is 0 Å². The highest BCUT2D eigenvalue weighted by atomic mass is 16.2. The average molecular weight is 291 g/mol. The molecule has 0 fully saturated rings. The van der Waals surface area contributed by atoms with Gasteiger partial charge in [-0.1, -0.05) is 24.3 Å². The topological polar surface area (TPSA) is 61.4 Å². The van der Waals surface area contributed by atoms with Gasteiger partial charge in [-0.15, -0.1) is 0 Å². The molecule has 21 heavy (non-hydrogen) atoms. The summed E-state index contributed by atoms with van der Waals surface area (Å²) in [7, 11) is 3.97. The summed E-state index contributed by atoms with van der Waals surface area (Å²) in [5.41, 5.74) is 2.20. The van der Waals surface area contributed by atoms with Crippen LogP contribution in [0.25, 0.3) is 0 Å². The Kier molecular flexibility index (Phi) is 7.46. The van der Waals surface area contributed by atoms with E-state index in [0.717, 1.165) is 24.1 Å². The Hall–Kier alpha value is -1.88. The van der Waals surface area contributed by atoms with Gasteiger partial charge < -0.3 is 15.5 Å². The number of benzene rings is 1. The summed E-state index contributed by atoms with van der Waals surface area (Å²) >= 11 is 0. The Morgan fingerprint density at radius 1 is 1.10 bits per heavy atom. The van der Waals surface area contributed by atoms with Crippen LogP contribution in [0.15, 0.2) is 24.3 Å². The van der Waals surface area contributed by atoms with Crippen molar-refractivity contribution in [1.29, 1.82) is 0 Å². The van der Waals surface area contributed by atoms with Crippen LogP contribution >= 0.6 is 0 Å². The third kappa shape index (κ3) is 7.46. The van der Waals surface area contributed by atoms with Gasteiger partial charge in [0.15, 0.2) is 0 Å². The maximum absolute atomic E-state index is 11.7. The quantitative estimate of drug-likeness (QED) is 0.556. The molecule has 5 heteroatoms. The van der Waals surface area contributed by atoms with Crippen molar-refractivity contribution in [1.82, 2.24) is 15.5 Å². The van der Waals surface area contributed by atoms with Crippen LogP contribution in [0.4, 0.5) is 0 Å². The zero-order valence-electron chi connectivity index (χ0n) is 13.1. The van der Waals surface area contributed by atoms with Crippen LogP contribution in [0.1, 0.15) is 24.0 Å². The Bertz CT molecular complexity index is 472. The molecule has 0 aliphatic rings. The van der Waals surface area contributed by atoms with E-state index in [2.05, 4.69) is 15.5 Å². The first-order valence-electron chi connectivity index (χ1n) is 7.21. The molecule has 0 saturated heterocycles. The third-order valence-corrected chi connectivity index (χ3v) is 3.16. The second kappa shape index (κ2) is 9.13. The van der Waals surface area contributed by atoms with Crippen LogP contribution in [0, 0.1) is 6.92 Å². The van der Waals surface area contributed by atoms with E-state index >= 15 is 0 Å². The first-order chi connectivity index (χ1) is 9.99. The molecule has 0 spiro atoms. The van der Waals surface area contributed by atoms with E-state index in [9.17, 15) is 9.59 Å². The van der Waals surface area contributed by atoms with Crippen LogP contribution in [-0.2, 0) is 16.1 Å². The van der Waals surface area contributed by atoms with Crippen LogP contribution in [0.5, 0.6) is 0 Å². The summed E-state index contributed by atoms with van der Waals surface area (Å²) in [4.78, 5) is 25.3. The maximum atomic E-state index is 11.7. The monoisotopic (exact) mass is 291 g/mol. The lowest BCUT2D eigenvalue weighted by Gasteiger charge is -2.10. The summed E-state index contributed by atoms with van der Waals surface area (Å²) in [6.45, 7) is 3.97. The van der Waals surface area contributed by atoms with Crippen molar-refractivity contribution in [2.24, 2.45) is 0 Å². The minimum Gasteiger partial charge on any atom is -0.356 e. The van der Waals surface area contributed by atoms with E-state index in [1.54, 1.807) is 0 Å². The molecule has 116 valence electrons. The number of nitrogens with zero attached hydrogens (tertiary/aromatic N) is 1. The fraction of sp³-hybridized carbons (Fsp3) is 0.500. The number of hydrogen-bond acceptors (Lipinski definition) is 3. The van der Waals surface area contributed by atoms with E-state index in [1.807, 2.05) is 45.3 Å². The fourth-order valence-corrected chi connectivity index (χ4v) is 1.90. The van der Waals surface area contributed by atoms with Crippen molar-refractivity contribution in [2.75, 3.05) is 27.2 Å². The summed E-state index contributed by atoms with van der Waals surface area (Å²) < 4.78 is 0. The van der Waals surface area contributed by atoms with Crippen molar-refractivity contribution < 1.29 is 9.59 Å². The van der Waals surface area contributed by atoms with E-state index in [1.165, 1.54) is 0 Å². The highest BCUT2D eigenvalue weighted by Gasteiger charge is 2.09. The molecule has 0 saturated carbocycles. The number of aryl methyl sites for hydroxylation is 1. The molecule has 0 bridgehead atoms. The molecule has 0 aliphatic carbocycles. The van der Waals surface area contributed by atoms with E-state index in [4.69, 9.17) is 0 Å². The molecular weight excluding hydrogens is 266 g/mol. The first-order valence-corrected chi connectivity index (χ1v) is 7.21. The van der Waals surface area contributed by atoms with Crippen molar-refractivity contribution in [2.45, 2.75) is 26.3 Å². The van der Waals surface area contributed by atoms with Gasteiger partial charge in [0, 0.05) is 13.1 Å². The van der Waals surface area contributed by atoms with E-state index in [0.29, 0.717) is 13.1 Å². The average Bonchev–Trinajstić information content (AvgIpc) is 2.42. The number of nitrogens with one attached hydrogen (secondary N) is 2. The third-order valence-electron chi connectivity index (χ3n) is 3.16. The van der Waals surface area contributed by atoms with Gasteiger partial charge in [0.25, 0.3) is 0 Å². The molecule has 0 atom stereocenters. The predicted octanol–water partition coefficient (Wildman–Crippen LogP) is 1.07. The highest BCUT2D eigenvalue weighted by Crippen LogP contribution is 2.05. The number of amides is 2. The normalized spacial score (nSPS) is 10.5. The largest absolute Gasteiger partial charge is 0.356 e. The molecule has 5 nitrogen and oxygen atoms in total. The lowest BCUT2D eigenvalue weighted by molar-refractivity contribution is -0.129. The Morgan fingerprint density at radius 2 is 1.76 bits per heavy atom. The number of hydrogen-bond donors (Lipinski definition) is 2. The van der Waals surface area contributed by atoms with Gasteiger partial charge in [-0.05, 0) is 45.1 Å². The van der Waals surface area contributed by atoms with Gasteiger partial charge >= 0.3 is 0 Å². The minimum atomic E-state index is -0.247. The fourth-order valence-electron chi connectivity index (χ4n) is 1.90. The van der Waals surface area contributed by atoms with Gasteiger partial charge in [0.1, 0.15) is 6.42 Å². The zero-order chi connectivity index (χ0) is 15.7. The summed E-state index contributed by atoms with van der Waals surface area (Å²) in [5.74, 6) is -0.473. The molecule has 0 aromatic heterocycles. The molecule has 0 aliphatic heterocycles. The van der Waals surface area contributed by atoms with Crippen molar-refractivity contribution in [3.05, 3.63) is 35.4 Å². The molecule has 0 heterocycles. The SMILES string of the molecule is Cc1ccccc1CNC(=O)CC(=O)NCCCN(C)C. The number of rotatable bonds is 8. The van der Waals surface area contributed by atoms with Crippen molar-refractivity contribution in [3.8, 4) is 0 Å². The molecule has 1 rings (SSSR count). The summed E-state index contributed by atoms with van der Waals surface area (Å²) in [6.07, 6.45) is 0.761. The minimum absolute atomic E-state index is 0.117. The molecular formula is C16H25N3O2. The first kappa shape index (κ1) is 17.2. The van der Waals surface area contributed by atoms with Gasteiger partial charge in [0.2, 0.25) is 11.8 Å². The van der Waals surface area contributed by atoms with E-state index < -0.39 is 0 Å². The van der Waals surface area contributed by atoms with Crippen LogP contribution in [-0.4, -0.2) is 43.9 Å². The predicted molar refractivity (Wildman–Crippen MR) is 83.8 cm³/mol. The highest BCUT2D eigenvalue weighted by molar-refractivity contribution is 5.96. The molecule has 1 aromatic rings. The van der Waals surface area contributed by atoms with Gasteiger partial charge in [0.05, 0.1) is 0 Å². The number of carbonyl (C=O) groups is 2. The summed E-state index contributed by atoms with van der Waals surface area (Å²) in [5, 5.41) is 5.52. The molecule has 1 aromatic carbocycles. The standard InChI is InChI=1S/C16H25N3O2/c1-13-7-4-5-8-14(13)12-18-16(21)11-15(20)17-9-6-10-19(2)3/h4-5,7-8H,6,9-12H2,1-3H3,(H,17,20)(H,18,21). The lowest BCUT2D eigenvalue weighted by atomic mass is 10.1. The number of carbonyl (C=O) groups excluding carboxylic acids is 2. The molecule has 2 N–H and O–H groups in total. The zero-order valence-corrected chi connectivity index (χ0v) is 13.1. The summed E-state index contributed by atoms with van der Waals surface area (Å²) in [6, 6.07) is 7.86. The molecule has 0 unspecified atom stereocenters. The van der Waals surface area contributed by atoms with Crippen molar-refractivity contribution >= 4 is 11.8 Å². The van der Waals surface area contributed by atoms with Crippen LogP contribution in [0.2, 0.25) is 0 Å². The van der Waals surface area contributed by atoms with Crippen LogP contribution < -0.4 is 10.6 Å². The van der Waals surface area contributed by atoms with Gasteiger partial charge in [-0.25, -0.2) is 0 Å². The second-order valence-corrected chi connectivity index (χ2v) is 5.39. The van der Waals surface area contributed by atoms with Crippen molar-refractivity contribution in [3.63, 3.8) is 0 Å². The Balaban J connectivity index is 2.21. The lowest BCUT2D eigenvalue weighted by Crippen LogP contribution is -2.33. The van der Waals surface area contributed by atoms with Crippen LogP contribution in [0.3, 0.4) is 0 Å². The van der Waals surface area contributed by atoms with E-state index in [-0.39, 0.29) is 18.2 Å². The maximum Gasteiger partial charge on any atom is 0.229 e. The smallest absolute Gasteiger partial charge is 0.229 e. The second-order valence-electron chi connectivity index (χ2n) is 5.39. The Labute approximate surface area is 126 Å². The Morgan fingerprint density at radius 3 is 2.43 bits per heavy atom. The van der Waals surface area contributed by atoms with Gasteiger partial charge in [-0.3, -0.25) is 9.59 Å².